The predicted octanol–water partition coefficient (Wildman–Crippen LogP) is 4.06. The summed E-state index contributed by atoms with van der Waals surface area (Å²) in [6, 6.07) is 0. The van der Waals surface area contributed by atoms with Crippen molar-refractivity contribution in [2.24, 2.45) is 0 Å². The van der Waals surface area contributed by atoms with Crippen LogP contribution in [-0.4, -0.2) is 6.16 Å². The lowest BCUT2D eigenvalue weighted by atomic mass is 10.1. The molecule has 0 spiro atoms. The van der Waals surface area contributed by atoms with Crippen molar-refractivity contribution in [3.8, 4) is 0 Å². The molecule has 0 aromatic carbocycles. The second-order valence-electron chi connectivity index (χ2n) is 4.29. The number of hydrogen-bond acceptors (Lipinski definition) is 3. The molecule has 0 atom stereocenters. The SMILES string of the molecule is O=C(OC1=CCCCC1)OC1=CCCCC1. The summed E-state index contributed by atoms with van der Waals surface area (Å²) in [6.45, 7) is 0. The van der Waals surface area contributed by atoms with Gasteiger partial charge in [0.2, 0.25) is 0 Å². The maximum Gasteiger partial charge on any atom is 0.518 e. The van der Waals surface area contributed by atoms with Crippen molar-refractivity contribution in [1.82, 2.24) is 0 Å². The Bertz CT molecular complexity index is 285. The minimum absolute atomic E-state index is 0.568. The molecule has 3 nitrogen and oxygen atoms in total. The molecule has 2 aliphatic rings. The van der Waals surface area contributed by atoms with Crippen LogP contribution in [0.3, 0.4) is 0 Å². The zero-order chi connectivity index (χ0) is 11.2. The molecule has 16 heavy (non-hydrogen) atoms. The third kappa shape index (κ3) is 3.40. The average Bonchev–Trinajstić information content (AvgIpc) is 2.31. The molecule has 0 aromatic rings. The van der Waals surface area contributed by atoms with Crippen LogP contribution in [0.15, 0.2) is 23.7 Å². The molecule has 3 heteroatoms. The van der Waals surface area contributed by atoms with Crippen LogP contribution in [0.25, 0.3) is 0 Å². The largest absolute Gasteiger partial charge is 0.518 e. The van der Waals surface area contributed by atoms with E-state index in [2.05, 4.69) is 0 Å². The minimum Gasteiger partial charge on any atom is -0.400 e. The molecule has 0 saturated heterocycles. The molecule has 0 bridgehead atoms. The van der Waals surface area contributed by atoms with Crippen molar-refractivity contribution >= 4 is 6.16 Å². The van der Waals surface area contributed by atoms with Gasteiger partial charge in [0.25, 0.3) is 0 Å². The molecule has 0 unspecified atom stereocenters. The monoisotopic (exact) mass is 222 g/mol. The molecule has 0 fully saturated rings. The van der Waals surface area contributed by atoms with E-state index < -0.39 is 6.16 Å². The summed E-state index contributed by atoms with van der Waals surface area (Å²) >= 11 is 0. The summed E-state index contributed by atoms with van der Waals surface area (Å²) in [6.07, 6.45) is 11.7. The van der Waals surface area contributed by atoms with E-state index in [0.717, 1.165) is 50.0 Å². The van der Waals surface area contributed by atoms with Gasteiger partial charge in [0.15, 0.2) is 0 Å². The smallest absolute Gasteiger partial charge is 0.400 e. The first-order valence-corrected chi connectivity index (χ1v) is 6.12. The van der Waals surface area contributed by atoms with Crippen LogP contribution in [0, 0.1) is 0 Å². The fourth-order valence-corrected chi connectivity index (χ4v) is 2.04. The number of carbonyl (C=O) groups is 1. The Morgan fingerprint density at radius 1 is 0.875 bits per heavy atom. The van der Waals surface area contributed by atoms with Gasteiger partial charge >= 0.3 is 6.16 Å². The first-order chi connectivity index (χ1) is 7.84. The van der Waals surface area contributed by atoms with Crippen LogP contribution >= 0.6 is 0 Å². The number of allylic oxidation sites excluding steroid dienone is 4. The van der Waals surface area contributed by atoms with E-state index >= 15 is 0 Å². The van der Waals surface area contributed by atoms with E-state index in [1.165, 1.54) is 12.8 Å². The Balaban J connectivity index is 1.79. The van der Waals surface area contributed by atoms with Crippen molar-refractivity contribution in [2.75, 3.05) is 0 Å². The highest BCUT2D eigenvalue weighted by Gasteiger charge is 2.14. The van der Waals surface area contributed by atoms with Gasteiger partial charge in [0.1, 0.15) is 11.5 Å². The number of rotatable bonds is 2. The van der Waals surface area contributed by atoms with Crippen molar-refractivity contribution in [1.29, 1.82) is 0 Å². The zero-order valence-electron chi connectivity index (χ0n) is 9.54. The average molecular weight is 222 g/mol. The van der Waals surface area contributed by atoms with Crippen LogP contribution in [0.4, 0.5) is 4.79 Å². The minimum atomic E-state index is -0.568. The maximum atomic E-state index is 11.5. The van der Waals surface area contributed by atoms with E-state index in [1.54, 1.807) is 0 Å². The molecule has 0 saturated carbocycles. The van der Waals surface area contributed by atoms with Gasteiger partial charge in [0.05, 0.1) is 0 Å². The van der Waals surface area contributed by atoms with Gasteiger partial charge in [-0.1, -0.05) is 0 Å². The second kappa shape index (κ2) is 5.73. The standard InChI is InChI=1S/C13H18O3/c14-13(15-11-7-3-1-4-8-11)16-12-9-5-2-6-10-12/h7,9H,1-6,8,10H2. The zero-order valence-corrected chi connectivity index (χ0v) is 9.54. The first kappa shape index (κ1) is 11.2. The van der Waals surface area contributed by atoms with Gasteiger partial charge in [0, 0.05) is 12.8 Å². The highest BCUT2D eigenvalue weighted by Crippen LogP contribution is 2.21. The molecule has 2 rings (SSSR count). The topological polar surface area (TPSA) is 35.5 Å². The fraction of sp³-hybridized carbons (Fsp3) is 0.615. The Morgan fingerprint density at radius 2 is 1.38 bits per heavy atom. The molecule has 0 aliphatic heterocycles. The van der Waals surface area contributed by atoms with Gasteiger partial charge in [-0.15, -0.1) is 0 Å². The summed E-state index contributed by atoms with van der Waals surface area (Å²) in [5, 5.41) is 0. The first-order valence-electron chi connectivity index (χ1n) is 6.12. The predicted molar refractivity (Wildman–Crippen MR) is 60.7 cm³/mol. The molecule has 0 radical (unpaired) electrons. The molecule has 0 heterocycles. The van der Waals surface area contributed by atoms with Gasteiger partial charge in [-0.3, -0.25) is 0 Å². The molecule has 0 aromatic heterocycles. The van der Waals surface area contributed by atoms with Gasteiger partial charge in [-0.2, -0.15) is 0 Å². The van der Waals surface area contributed by atoms with Crippen molar-refractivity contribution < 1.29 is 14.3 Å². The Hall–Kier alpha value is -1.25. The molecular formula is C13H18O3. The van der Waals surface area contributed by atoms with E-state index in [1.807, 2.05) is 12.2 Å². The third-order valence-electron chi connectivity index (χ3n) is 2.93. The lowest BCUT2D eigenvalue weighted by Gasteiger charge is -2.15. The van der Waals surface area contributed by atoms with Crippen LogP contribution < -0.4 is 0 Å². The van der Waals surface area contributed by atoms with Crippen LogP contribution in [0.5, 0.6) is 0 Å². The lowest BCUT2D eigenvalue weighted by molar-refractivity contribution is 0.0944. The summed E-state index contributed by atoms with van der Waals surface area (Å²) in [4.78, 5) is 11.5. The molecule has 0 amide bonds. The Kier molecular flexibility index (Phi) is 4.03. The Labute approximate surface area is 96.1 Å². The highest BCUT2D eigenvalue weighted by molar-refractivity contribution is 5.62. The quantitative estimate of drug-likeness (QED) is 0.661. The van der Waals surface area contributed by atoms with Crippen LogP contribution in [0.2, 0.25) is 0 Å². The normalized spacial score (nSPS) is 20.8. The second-order valence-corrected chi connectivity index (χ2v) is 4.29. The molecule has 2 aliphatic carbocycles. The van der Waals surface area contributed by atoms with E-state index in [4.69, 9.17) is 9.47 Å². The van der Waals surface area contributed by atoms with E-state index in [0.29, 0.717) is 0 Å². The third-order valence-corrected chi connectivity index (χ3v) is 2.93. The molecular weight excluding hydrogens is 204 g/mol. The molecule has 0 N–H and O–H groups in total. The van der Waals surface area contributed by atoms with Gasteiger partial charge < -0.3 is 9.47 Å². The maximum absolute atomic E-state index is 11.5. The van der Waals surface area contributed by atoms with Crippen LogP contribution in [-0.2, 0) is 9.47 Å². The van der Waals surface area contributed by atoms with Crippen molar-refractivity contribution in [2.45, 2.75) is 51.4 Å². The fourth-order valence-electron chi connectivity index (χ4n) is 2.04. The van der Waals surface area contributed by atoms with Crippen LogP contribution in [0.1, 0.15) is 51.4 Å². The van der Waals surface area contributed by atoms with Crippen molar-refractivity contribution in [3.63, 3.8) is 0 Å². The summed E-state index contributed by atoms with van der Waals surface area (Å²) in [5.41, 5.74) is 0. The summed E-state index contributed by atoms with van der Waals surface area (Å²) < 4.78 is 10.3. The summed E-state index contributed by atoms with van der Waals surface area (Å²) in [7, 11) is 0. The summed E-state index contributed by atoms with van der Waals surface area (Å²) in [5.74, 6) is 1.54. The lowest BCUT2D eigenvalue weighted by Crippen LogP contribution is -2.09. The number of carbonyl (C=O) groups excluding carboxylic acids is 1. The van der Waals surface area contributed by atoms with Gasteiger partial charge in [-0.25, -0.2) is 4.79 Å². The van der Waals surface area contributed by atoms with Gasteiger partial charge in [-0.05, 0) is 50.7 Å². The van der Waals surface area contributed by atoms with E-state index in [-0.39, 0.29) is 0 Å². The Morgan fingerprint density at radius 3 is 1.75 bits per heavy atom. The number of hydrogen-bond donors (Lipinski definition) is 0. The molecule has 88 valence electrons. The number of ether oxygens (including phenoxy) is 2. The highest BCUT2D eigenvalue weighted by atomic mass is 16.7. The van der Waals surface area contributed by atoms with Crippen molar-refractivity contribution in [3.05, 3.63) is 23.7 Å². The van der Waals surface area contributed by atoms with E-state index in [9.17, 15) is 4.79 Å².